The Morgan fingerprint density at radius 2 is 2.20 bits per heavy atom. The van der Waals surface area contributed by atoms with Gasteiger partial charge in [-0.25, -0.2) is 0 Å². The van der Waals surface area contributed by atoms with Crippen LogP contribution in [0.2, 0.25) is 0 Å². The van der Waals surface area contributed by atoms with E-state index in [1.807, 2.05) is 25.1 Å². The molecule has 0 aromatic heterocycles. The van der Waals surface area contributed by atoms with Crippen molar-refractivity contribution in [2.45, 2.75) is 13.5 Å². The van der Waals surface area contributed by atoms with Crippen LogP contribution in [-0.2, 0) is 16.1 Å². The summed E-state index contributed by atoms with van der Waals surface area (Å²) in [6.07, 6.45) is 0. The highest BCUT2D eigenvalue weighted by Gasteiger charge is 2.11. The maximum atomic E-state index is 11.4. The lowest BCUT2D eigenvalue weighted by Gasteiger charge is -2.26. The van der Waals surface area contributed by atoms with E-state index in [0.29, 0.717) is 6.54 Å². The second-order valence-corrected chi connectivity index (χ2v) is 4.78. The first-order chi connectivity index (χ1) is 9.78. The number of hydrogen-bond donors (Lipinski definition) is 1. The third-order valence-corrected chi connectivity index (χ3v) is 3.15. The van der Waals surface area contributed by atoms with Gasteiger partial charge in [0.2, 0.25) is 0 Å². The fraction of sp³-hybridized carbons (Fsp3) is 0.533. The summed E-state index contributed by atoms with van der Waals surface area (Å²) in [6, 6.07) is 7.91. The Labute approximate surface area is 119 Å². The molecule has 0 saturated carbocycles. The van der Waals surface area contributed by atoms with E-state index >= 15 is 0 Å². The van der Waals surface area contributed by atoms with E-state index in [4.69, 9.17) is 9.47 Å². The number of rotatable bonds is 6. The predicted octanol–water partition coefficient (Wildman–Crippen LogP) is 1.03. The zero-order chi connectivity index (χ0) is 14.2. The Bertz CT molecular complexity index is 431. The topological polar surface area (TPSA) is 50.8 Å². The van der Waals surface area contributed by atoms with Crippen LogP contribution in [0.4, 0.5) is 0 Å². The molecule has 0 atom stereocenters. The molecule has 1 amide bonds. The quantitative estimate of drug-likeness (QED) is 0.844. The molecule has 0 spiro atoms. The molecule has 20 heavy (non-hydrogen) atoms. The van der Waals surface area contributed by atoms with E-state index in [-0.39, 0.29) is 12.5 Å². The molecule has 1 aromatic carbocycles. The number of morpholine rings is 1. The highest BCUT2D eigenvalue weighted by Crippen LogP contribution is 2.15. The Morgan fingerprint density at radius 3 is 2.95 bits per heavy atom. The van der Waals surface area contributed by atoms with Gasteiger partial charge in [0, 0.05) is 26.2 Å². The third-order valence-electron chi connectivity index (χ3n) is 3.15. The molecule has 1 aromatic rings. The molecule has 0 bridgehead atoms. The molecule has 1 heterocycles. The van der Waals surface area contributed by atoms with Gasteiger partial charge in [-0.2, -0.15) is 0 Å². The summed E-state index contributed by atoms with van der Waals surface area (Å²) in [6.45, 7) is 6.99. The number of carbonyl (C=O) groups is 1. The molecule has 1 fully saturated rings. The van der Waals surface area contributed by atoms with E-state index in [9.17, 15) is 4.79 Å². The van der Waals surface area contributed by atoms with Crippen LogP contribution in [0.15, 0.2) is 24.3 Å². The lowest BCUT2D eigenvalue weighted by Crippen LogP contribution is -2.35. The average molecular weight is 278 g/mol. The summed E-state index contributed by atoms with van der Waals surface area (Å²) in [7, 11) is 0. The summed E-state index contributed by atoms with van der Waals surface area (Å²) in [5.74, 6) is 0.646. The Balaban J connectivity index is 1.85. The van der Waals surface area contributed by atoms with Crippen molar-refractivity contribution in [2.75, 3.05) is 39.5 Å². The first-order valence-electron chi connectivity index (χ1n) is 7.06. The van der Waals surface area contributed by atoms with Gasteiger partial charge in [-0.3, -0.25) is 9.69 Å². The van der Waals surface area contributed by atoms with Crippen molar-refractivity contribution >= 4 is 5.91 Å². The van der Waals surface area contributed by atoms with Crippen molar-refractivity contribution in [1.82, 2.24) is 10.2 Å². The van der Waals surface area contributed by atoms with Gasteiger partial charge in [0.25, 0.3) is 5.91 Å². The van der Waals surface area contributed by atoms with E-state index in [2.05, 4.69) is 16.3 Å². The van der Waals surface area contributed by atoms with Crippen LogP contribution in [0.25, 0.3) is 0 Å². The molecular weight excluding hydrogens is 256 g/mol. The van der Waals surface area contributed by atoms with Crippen molar-refractivity contribution in [2.24, 2.45) is 0 Å². The summed E-state index contributed by atoms with van der Waals surface area (Å²) in [5, 5.41) is 2.71. The first kappa shape index (κ1) is 14.8. The minimum absolute atomic E-state index is 0.0643. The standard InChI is InChI=1S/C15H22N2O3/c1-2-16-15(18)12-20-14-5-3-4-13(10-14)11-17-6-8-19-9-7-17/h3-5,10H,2,6-9,11-12H2,1H3,(H,16,18). The molecule has 5 nitrogen and oxygen atoms in total. The molecule has 1 aliphatic heterocycles. The average Bonchev–Trinajstić information content (AvgIpc) is 2.47. The van der Waals surface area contributed by atoms with Crippen LogP contribution in [0, 0.1) is 0 Å². The molecule has 5 heteroatoms. The highest BCUT2D eigenvalue weighted by atomic mass is 16.5. The number of hydrogen-bond acceptors (Lipinski definition) is 4. The fourth-order valence-corrected chi connectivity index (χ4v) is 2.15. The van der Waals surface area contributed by atoms with E-state index in [1.54, 1.807) is 0 Å². The third kappa shape index (κ3) is 4.83. The number of nitrogens with one attached hydrogen (secondary N) is 1. The van der Waals surface area contributed by atoms with Crippen LogP contribution in [0.3, 0.4) is 0 Å². The van der Waals surface area contributed by atoms with E-state index in [0.717, 1.165) is 38.6 Å². The molecule has 1 N–H and O–H groups in total. The summed E-state index contributed by atoms with van der Waals surface area (Å²) >= 11 is 0. The molecule has 0 radical (unpaired) electrons. The van der Waals surface area contributed by atoms with Crippen molar-refractivity contribution in [3.8, 4) is 5.75 Å². The van der Waals surface area contributed by atoms with Gasteiger partial charge >= 0.3 is 0 Å². The number of carbonyl (C=O) groups excluding carboxylic acids is 1. The van der Waals surface area contributed by atoms with E-state index in [1.165, 1.54) is 5.56 Å². The van der Waals surface area contributed by atoms with Gasteiger partial charge < -0.3 is 14.8 Å². The van der Waals surface area contributed by atoms with E-state index < -0.39 is 0 Å². The lowest BCUT2D eigenvalue weighted by molar-refractivity contribution is -0.122. The van der Waals surface area contributed by atoms with Crippen LogP contribution in [0.5, 0.6) is 5.75 Å². The maximum Gasteiger partial charge on any atom is 0.257 e. The van der Waals surface area contributed by atoms with Crippen molar-refractivity contribution in [3.63, 3.8) is 0 Å². The van der Waals surface area contributed by atoms with Crippen molar-refractivity contribution in [3.05, 3.63) is 29.8 Å². The molecule has 0 aliphatic carbocycles. The zero-order valence-corrected chi connectivity index (χ0v) is 11.9. The Hall–Kier alpha value is -1.59. The maximum absolute atomic E-state index is 11.4. The largest absolute Gasteiger partial charge is 0.484 e. The predicted molar refractivity (Wildman–Crippen MR) is 76.7 cm³/mol. The second kappa shape index (κ2) is 7.87. The SMILES string of the molecule is CCNC(=O)COc1cccc(CN2CCOCC2)c1. The van der Waals surface area contributed by atoms with Gasteiger partial charge in [-0.15, -0.1) is 0 Å². The number of amides is 1. The van der Waals surface area contributed by atoms with Crippen molar-refractivity contribution < 1.29 is 14.3 Å². The normalized spacial score (nSPS) is 15.8. The summed E-state index contributed by atoms with van der Waals surface area (Å²) < 4.78 is 10.8. The monoisotopic (exact) mass is 278 g/mol. The molecule has 0 unspecified atom stereocenters. The summed E-state index contributed by atoms with van der Waals surface area (Å²) in [5.41, 5.74) is 1.19. The summed E-state index contributed by atoms with van der Waals surface area (Å²) in [4.78, 5) is 13.7. The van der Waals surface area contributed by atoms with Crippen LogP contribution in [-0.4, -0.2) is 50.3 Å². The number of ether oxygens (including phenoxy) is 2. The highest BCUT2D eigenvalue weighted by molar-refractivity contribution is 5.77. The Morgan fingerprint density at radius 1 is 1.40 bits per heavy atom. The molecular formula is C15H22N2O3. The number of likely N-dealkylation sites (N-methyl/N-ethyl adjacent to an activating group) is 1. The number of nitrogens with zero attached hydrogens (tertiary/aromatic N) is 1. The van der Waals surface area contributed by atoms with Crippen LogP contribution < -0.4 is 10.1 Å². The first-order valence-corrected chi connectivity index (χ1v) is 7.06. The van der Waals surface area contributed by atoms with Gasteiger partial charge in [0.15, 0.2) is 6.61 Å². The second-order valence-electron chi connectivity index (χ2n) is 4.78. The van der Waals surface area contributed by atoms with Crippen molar-refractivity contribution in [1.29, 1.82) is 0 Å². The lowest BCUT2D eigenvalue weighted by atomic mass is 10.2. The van der Waals surface area contributed by atoms with Gasteiger partial charge in [0.1, 0.15) is 5.75 Å². The molecule has 1 aliphatic rings. The molecule has 2 rings (SSSR count). The minimum Gasteiger partial charge on any atom is -0.484 e. The Kier molecular flexibility index (Phi) is 5.83. The number of benzene rings is 1. The smallest absolute Gasteiger partial charge is 0.257 e. The fourth-order valence-electron chi connectivity index (χ4n) is 2.15. The van der Waals surface area contributed by atoms with Gasteiger partial charge in [0.05, 0.1) is 13.2 Å². The molecule has 1 saturated heterocycles. The van der Waals surface area contributed by atoms with Crippen LogP contribution >= 0.6 is 0 Å². The zero-order valence-electron chi connectivity index (χ0n) is 11.9. The van der Waals surface area contributed by atoms with Gasteiger partial charge in [-0.05, 0) is 24.6 Å². The molecule has 110 valence electrons. The van der Waals surface area contributed by atoms with Crippen LogP contribution in [0.1, 0.15) is 12.5 Å². The minimum atomic E-state index is -0.0916. The van der Waals surface area contributed by atoms with Gasteiger partial charge in [-0.1, -0.05) is 12.1 Å².